The monoisotopic (exact) mass is 289 g/mol. The van der Waals surface area contributed by atoms with E-state index >= 15 is 0 Å². The highest BCUT2D eigenvalue weighted by Gasteiger charge is 2.24. The molecule has 1 saturated heterocycles. The molecule has 1 unspecified atom stereocenters. The minimum Gasteiger partial charge on any atom is -0.368 e. The number of aromatic amines is 1. The summed E-state index contributed by atoms with van der Waals surface area (Å²) in [7, 11) is 0. The van der Waals surface area contributed by atoms with Crippen molar-refractivity contribution in [1.29, 1.82) is 0 Å². The lowest BCUT2D eigenvalue weighted by Gasteiger charge is -2.32. The minimum atomic E-state index is 0.719. The summed E-state index contributed by atoms with van der Waals surface area (Å²) in [6.45, 7) is 9.58. The van der Waals surface area contributed by atoms with Crippen LogP contribution in [0.2, 0.25) is 0 Å². The molecule has 3 heterocycles. The molecule has 114 valence electrons. The zero-order valence-corrected chi connectivity index (χ0v) is 12.9. The molecule has 21 heavy (non-hydrogen) atoms. The van der Waals surface area contributed by atoms with E-state index in [1.165, 1.54) is 26.1 Å². The van der Waals surface area contributed by atoms with Gasteiger partial charge in [-0.1, -0.05) is 13.8 Å². The summed E-state index contributed by atoms with van der Waals surface area (Å²) in [5, 5.41) is 3.40. The van der Waals surface area contributed by atoms with Crippen LogP contribution in [0.1, 0.15) is 26.7 Å². The highest BCUT2D eigenvalue weighted by atomic mass is 15.1. The van der Waals surface area contributed by atoms with Gasteiger partial charge >= 0.3 is 0 Å². The molecule has 1 aliphatic heterocycles. The summed E-state index contributed by atoms with van der Waals surface area (Å²) in [4.78, 5) is 17.4. The third-order valence-electron chi connectivity index (χ3n) is 4.30. The molecule has 0 amide bonds. The quantitative estimate of drug-likeness (QED) is 0.709. The van der Waals surface area contributed by atoms with Crippen LogP contribution in [-0.4, -0.2) is 46.1 Å². The second-order valence-electron chi connectivity index (χ2n) is 6.46. The van der Waals surface area contributed by atoms with Gasteiger partial charge in [0.25, 0.3) is 0 Å². The number of nitrogens with one attached hydrogen (secondary N) is 3. The maximum Gasteiger partial charge on any atom is 0.182 e. The Bertz CT molecular complexity index is 570. The van der Waals surface area contributed by atoms with Crippen LogP contribution in [0.25, 0.3) is 11.2 Å². The van der Waals surface area contributed by atoms with E-state index in [-0.39, 0.29) is 0 Å². The zero-order valence-electron chi connectivity index (χ0n) is 12.9. The Morgan fingerprint density at radius 2 is 2.05 bits per heavy atom. The smallest absolute Gasteiger partial charge is 0.182 e. The molecular formula is C15H25N6+. The molecule has 0 saturated carbocycles. The van der Waals surface area contributed by atoms with Crippen molar-refractivity contribution >= 4 is 17.0 Å². The molecule has 0 radical (unpaired) electrons. The number of piperidine rings is 1. The van der Waals surface area contributed by atoms with Crippen molar-refractivity contribution in [3.05, 3.63) is 12.7 Å². The molecule has 1 aliphatic rings. The number of quaternary nitrogens is 1. The number of rotatable bonds is 5. The first-order valence-corrected chi connectivity index (χ1v) is 7.94. The van der Waals surface area contributed by atoms with Gasteiger partial charge in [-0.2, -0.15) is 0 Å². The highest BCUT2D eigenvalue weighted by Crippen LogP contribution is 2.14. The van der Waals surface area contributed by atoms with Gasteiger partial charge in [-0.15, -0.1) is 0 Å². The van der Waals surface area contributed by atoms with Crippen molar-refractivity contribution in [2.75, 3.05) is 31.5 Å². The Balaban J connectivity index is 1.47. The van der Waals surface area contributed by atoms with Crippen LogP contribution in [0, 0.1) is 11.8 Å². The predicted molar refractivity (Wildman–Crippen MR) is 83.3 cm³/mol. The van der Waals surface area contributed by atoms with Gasteiger partial charge in [0.05, 0.1) is 26.0 Å². The fraction of sp³-hybridized carbons (Fsp3) is 0.667. The number of hydrogen-bond acceptors (Lipinski definition) is 4. The standard InChI is InChI=1S/C15H24N6/c1-11-6-12(2)8-21(7-11)5-3-4-16-14-13-15(18-9-17-13)20-10-19-14/h9-12H,3-8H2,1-2H3,(H2,16,17,18,19,20)/p+1/t11-,12+. The van der Waals surface area contributed by atoms with Gasteiger partial charge in [0.15, 0.2) is 11.5 Å². The number of anilines is 1. The lowest BCUT2D eigenvalue weighted by atomic mass is 9.92. The zero-order chi connectivity index (χ0) is 14.7. The number of aromatic nitrogens is 4. The van der Waals surface area contributed by atoms with Crippen LogP contribution in [0.5, 0.6) is 0 Å². The van der Waals surface area contributed by atoms with Crippen molar-refractivity contribution in [2.24, 2.45) is 11.8 Å². The first-order chi connectivity index (χ1) is 10.2. The first-order valence-electron chi connectivity index (χ1n) is 7.94. The SMILES string of the molecule is C[C@@H]1C[C@H](C)C[NH+](CCCNc2ncnc3nc[nH]c23)C1. The molecule has 0 aromatic carbocycles. The van der Waals surface area contributed by atoms with Crippen LogP contribution in [0.4, 0.5) is 5.82 Å². The highest BCUT2D eigenvalue weighted by molar-refractivity contribution is 5.81. The molecule has 2 aromatic rings. The lowest BCUT2D eigenvalue weighted by molar-refractivity contribution is -0.912. The Morgan fingerprint density at radius 3 is 2.86 bits per heavy atom. The Labute approximate surface area is 125 Å². The van der Waals surface area contributed by atoms with E-state index in [1.54, 1.807) is 17.6 Å². The van der Waals surface area contributed by atoms with Crippen LogP contribution >= 0.6 is 0 Å². The Morgan fingerprint density at radius 1 is 1.24 bits per heavy atom. The molecular weight excluding hydrogens is 264 g/mol. The van der Waals surface area contributed by atoms with Crippen molar-refractivity contribution < 1.29 is 4.90 Å². The van der Waals surface area contributed by atoms with E-state index in [0.29, 0.717) is 0 Å². The molecule has 6 heteroatoms. The minimum absolute atomic E-state index is 0.719. The van der Waals surface area contributed by atoms with Crippen molar-refractivity contribution in [3.63, 3.8) is 0 Å². The van der Waals surface area contributed by atoms with Crippen LogP contribution in [-0.2, 0) is 0 Å². The number of nitrogens with zero attached hydrogens (tertiary/aromatic N) is 3. The van der Waals surface area contributed by atoms with E-state index < -0.39 is 0 Å². The number of fused-ring (bicyclic) bond motifs is 1. The molecule has 6 nitrogen and oxygen atoms in total. The molecule has 0 aliphatic carbocycles. The summed E-state index contributed by atoms with van der Waals surface area (Å²) in [5.74, 6) is 2.58. The Hall–Kier alpha value is -1.69. The van der Waals surface area contributed by atoms with Gasteiger partial charge in [-0.05, 0) is 6.42 Å². The summed E-state index contributed by atoms with van der Waals surface area (Å²) < 4.78 is 0. The summed E-state index contributed by atoms with van der Waals surface area (Å²) >= 11 is 0. The average Bonchev–Trinajstić information content (AvgIpc) is 2.91. The maximum atomic E-state index is 4.29. The van der Waals surface area contributed by atoms with Gasteiger partial charge < -0.3 is 15.2 Å². The second kappa shape index (κ2) is 6.39. The molecule has 0 bridgehead atoms. The number of imidazole rings is 1. The van der Waals surface area contributed by atoms with E-state index in [2.05, 4.69) is 39.1 Å². The average molecular weight is 289 g/mol. The third-order valence-corrected chi connectivity index (χ3v) is 4.30. The summed E-state index contributed by atoms with van der Waals surface area (Å²) in [6.07, 6.45) is 5.77. The van der Waals surface area contributed by atoms with Gasteiger partial charge in [-0.25, -0.2) is 15.0 Å². The second-order valence-corrected chi connectivity index (χ2v) is 6.46. The maximum absolute atomic E-state index is 4.29. The molecule has 0 spiro atoms. The van der Waals surface area contributed by atoms with Crippen LogP contribution in [0.3, 0.4) is 0 Å². The molecule has 1 fully saturated rings. The van der Waals surface area contributed by atoms with Crippen molar-refractivity contribution in [3.8, 4) is 0 Å². The van der Waals surface area contributed by atoms with Crippen LogP contribution < -0.4 is 10.2 Å². The van der Waals surface area contributed by atoms with E-state index in [1.807, 2.05) is 0 Å². The fourth-order valence-corrected chi connectivity index (χ4v) is 3.57. The van der Waals surface area contributed by atoms with Gasteiger partial charge in [0.1, 0.15) is 11.8 Å². The van der Waals surface area contributed by atoms with E-state index in [4.69, 9.17) is 0 Å². The van der Waals surface area contributed by atoms with E-state index in [9.17, 15) is 0 Å². The third kappa shape index (κ3) is 3.50. The van der Waals surface area contributed by atoms with Crippen LogP contribution in [0.15, 0.2) is 12.7 Å². The number of likely N-dealkylation sites (tertiary alicyclic amines) is 1. The molecule has 3 N–H and O–H groups in total. The molecule has 3 atom stereocenters. The van der Waals surface area contributed by atoms with Gasteiger partial charge in [0.2, 0.25) is 0 Å². The van der Waals surface area contributed by atoms with Gasteiger partial charge in [0, 0.05) is 24.8 Å². The van der Waals surface area contributed by atoms with Gasteiger partial charge in [-0.3, -0.25) is 0 Å². The van der Waals surface area contributed by atoms with Crippen molar-refractivity contribution in [1.82, 2.24) is 19.9 Å². The number of hydrogen-bond donors (Lipinski definition) is 3. The number of H-pyrrole nitrogens is 1. The normalized spacial score (nSPS) is 26.1. The lowest BCUT2D eigenvalue weighted by Crippen LogP contribution is -3.14. The molecule has 3 rings (SSSR count). The largest absolute Gasteiger partial charge is 0.368 e. The summed E-state index contributed by atoms with van der Waals surface area (Å²) in [6, 6.07) is 0. The Kier molecular flexibility index (Phi) is 4.34. The predicted octanol–water partition coefficient (Wildman–Crippen LogP) is 0.716. The van der Waals surface area contributed by atoms with Crippen molar-refractivity contribution in [2.45, 2.75) is 26.7 Å². The molecule has 2 aromatic heterocycles. The first kappa shape index (κ1) is 14.3. The fourth-order valence-electron chi connectivity index (χ4n) is 3.57. The topological polar surface area (TPSA) is 70.9 Å². The van der Waals surface area contributed by atoms with E-state index in [0.717, 1.165) is 41.8 Å². The summed E-state index contributed by atoms with van der Waals surface area (Å²) in [5.41, 5.74) is 1.61.